The second-order valence-electron chi connectivity index (χ2n) is 9.27. The average molecular weight is 491 g/mol. The van der Waals surface area contributed by atoms with Gasteiger partial charge in [0.2, 0.25) is 5.95 Å². The Hall–Kier alpha value is -3.12. The summed E-state index contributed by atoms with van der Waals surface area (Å²) in [5.74, 6) is 1.27. The molecule has 0 N–H and O–H groups in total. The van der Waals surface area contributed by atoms with Crippen LogP contribution in [0.2, 0.25) is 5.02 Å². The fraction of sp³-hybridized carbons (Fsp3) is 0.393. The van der Waals surface area contributed by atoms with Crippen LogP contribution in [0.1, 0.15) is 55.3 Å². The Bertz CT molecular complexity index is 1190. The first-order valence-electron chi connectivity index (χ1n) is 12.5. The second kappa shape index (κ2) is 10.6. The summed E-state index contributed by atoms with van der Waals surface area (Å²) in [6, 6.07) is 15.4. The van der Waals surface area contributed by atoms with Crippen LogP contribution >= 0.6 is 11.6 Å². The Labute approximate surface area is 211 Å². The molecule has 0 atom stereocenters. The van der Waals surface area contributed by atoms with E-state index in [1.165, 1.54) is 6.42 Å². The number of carbonyl (C=O) groups excluding carboxylic acids is 1. The van der Waals surface area contributed by atoms with Crippen LogP contribution in [0.3, 0.4) is 0 Å². The van der Waals surface area contributed by atoms with Gasteiger partial charge in [0.05, 0.1) is 18.4 Å². The summed E-state index contributed by atoms with van der Waals surface area (Å²) in [7, 11) is 1.64. The number of piperidine rings is 1. The monoisotopic (exact) mass is 490 g/mol. The molecule has 2 heterocycles. The van der Waals surface area contributed by atoms with Gasteiger partial charge in [0, 0.05) is 47.7 Å². The number of benzene rings is 2. The second-order valence-corrected chi connectivity index (χ2v) is 9.68. The molecule has 182 valence electrons. The smallest absolute Gasteiger partial charge is 0.262 e. The molecule has 1 aliphatic carbocycles. The number of halogens is 1. The number of anilines is 2. The molecule has 0 radical (unpaired) electrons. The van der Waals surface area contributed by atoms with Crippen molar-refractivity contribution in [2.45, 2.75) is 51.0 Å². The maximum absolute atomic E-state index is 14.3. The quantitative estimate of drug-likeness (QED) is 0.401. The molecule has 1 aromatic heterocycles. The number of ether oxygens (including phenoxy) is 1. The molecule has 1 saturated carbocycles. The van der Waals surface area contributed by atoms with Crippen molar-refractivity contribution in [3.05, 3.63) is 65.3 Å². The van der Waals surface area contributed by atoms with Gasteiger partial charge in [0.15, 0.2) is 0 Å². The first-order chi connectivity index (χ1) is 17.2. The van der Waals surface area contributed by atoms with Crippen molar-refractivity contribution in [1.82, 2.24) is 9.97 Å². The summed E-state index contributed by atoms with van der Waals surface area (Å²) in [5, 5.41) is 0.568. The lowest BCUT2D eigenvalue weighted by molar-refractivity contribution is 0.0977. The highest BCUT2D eigenvalue weighted by molar-refractivity contribution is 6.33. The minimum atomic E-state index is -0.106. The number of methoxy groups -OCH3 is 1. The minimum Gasteiger partial charge on any atom is -0.497 e. The van der Waals surface area contributed by atoms with Crippen molar-refractivity contribution in [3.8, 4) is 17.0 Å². The zero-order valence-electron chi connectivity index (χ0n) is 20.1. The van der Waals surface area contributed by atoms with E-state index >= 15 is 0 Å². The van der Waals surface area contributed by atoms with Crippen molar-refractivity contribution in [2.24, 2.45) is 0 Å². The van der Waals surface area contributed by atoms with Crippen molar-refractivity contribution in [1.29, 1.82) is 0 Å². The molecule has 0 spiro atoms. The van der Waals surface area contributed by atoms with Gasteiger partial charge in [-0.25, -0.2) is 9.97 Å². The lowest BCUT2D eigenvalue weighted by Crippen LogP contribution is -2.39. The predicted octanol–water partition coefficient (Wildman–Crippen LogP) is 6.39. The zero-order valence-corrected chi connectivity index (χ0v) is 20.9. The molecule has 1 amide bonds. The van der Waals surface area contributed by atoms with E-state index in [0.717, 1.165) is 68.6 Å². The number of aromatic nitrogens is 2. The van der Waals surface area contributed by atoms with Crippen molar-refractivity contribution in [3.63, 3.8) is 0 Å². The van der Waals surface area contributed by atoms with E-state index in [1.54, 1.807) is 13.3 Å². The van der Waals surface area contributed by atoms with Gasteiger partial charge in [-0.1, -0.05) is 48.7 Å². The standard InChI is InChI=1S/C28H31ClN4O2/c1-35-22-13-9-12-21(18-22)33(20-10-3-4-11-20)27(34)24-19-30-28(32-16-7-2-8-17-32)31-26(24)23-14-5-6-15-25(23)29/h5-6,9,12-15,18-20H,2-4,7-8,10-11,16-17H2,1H3. The number of carbonyl (C=O) groups is 1. The molecular weight excluding hydrogens is 460 g/mol. The lowest BCUT2D eigenvalue weighted by Gasteiger charge is -2.31. The van der Waals surface area contributed by atoms with E-state index < -0.39 is 0 Å². The topological polar surface area (TPSA) is 58.6 Å². The third-order valence-electron chi connectivity index (χ3n) is 7.01. The first-order valence-corrected chi connectivity index (χ1v) is 12.9. The summed E-state index contributed by atoms with van der Waals surface area (Å²) in [4.78, 5) is 28.0. The van der Waals surface area contributed by atoms with Gasteiger partial charge < -0.3 is 14.5 Å². The van der Waals surface area contributed by atoms with Crippen molar-refractivity contribution < 1.29 is 9.53 Å². The normalized spacial score (nSPS) is 16.3. The fourth-order valence-electron chi connectivity index (χ4n) is 5.18. The van der Waals surface area contributed by atoms with Crippen LogP contribution in [-0.4, -0.2) is 42.1 Å². The van der Waals surface area contributed by atoms with Crippen LogP contribution in [0.4, 0.5) is 11.6 Å². The predicted molar refractivity (Wildman–Crippen MR) is 141 cm³/mol. The molecule has 0 unspecified atom stereocenters. The highest BCUT2D eigenvalue weighted by Gasteiger charge is 2.32. The van der Waals surface area contributed by atoms with Gasteiger partial charge in [0.25, 0.3) is 5.91 Å². The number of rotatable bonds is 6. The molecule has 6 nitrogen and oxygen atoms in total. The van der Waals surface area contributed by atoms with E-state index in [4.69, 9.17) is 21.3 Å². The maximum atomic E-state index is 14.3. The van der Waals surface area contributed by atoms with Crippen LogP contribution in [0.5, 0.6) is 5.75 Å². The Morgan fingerprint density at radius 3 is 2.54 bits per heavy atom. The van der Waals surface area contributed by atoms with Gasteiger partial charge in [-0.3, -0.25) is 4.79 Å². The summed E-state index contributed by atoms with van der Waals surface area (Å²) in [5.41, 5.74) is 2.62. The Morgan fingerprint density at radius 1 is 1.03 bits per heavy atom. The Morgan fingerprint density at radius 2 is 1.80 bits per heavy atom. The number of amides is 1. The number of hydrogen-bond acceptors (Lipinski definition) is 5. The summed E-state index contributed by atoms with van der Waals surface area (Å²) in [6.45, 7) is 1.85. The molecular formula is C28H31ClN4O2. The zero-order chi connectivity index (χ0) is 24.2. The van der Waals surface area contributed by atoms with E-state index in [2.05, 4.69) is 9.88 Å². The fourth-order valence-corrected chi connectivity index (χ4v) is 5.41. The van der Waals surface area contributed by atoms with Gasteiger partial charge >= 0.3 is 0 Å². The maximum Gasteiger partial charge on any atom is 0.262 e. The van der Waals surface area contributed by atoms with E-state index in [9.17, 15) is 4.79 Å². The third kappa shape index (κ3) is 4.98. The minimum absolute atomic E-state index is 0.106. The third-order valence-corrected chi connectivity index (χ3v) is 7.34. The highest BCUT2D eigenvalue weighted by atomic mass is 35.5. The van der Waals surface area contributed by atoms with Crippen molar-refractivity contribution >= 4 is 29.1 Å². The average Bonchev–Trinajstić information content (AvgIpc) is 3.44. The van der Waals surface area contributed by atoms with Crippen LogP contribution in [0.25, 0.3) is 11.3 Å². The van der Waals surface area contributed by atoms with Gasteiger partial charge in [-0.05, 0) is 50.3 Å². The highest BCUT2D eigenvalue weighted by Crippen LogP contribution is 2.35. The van der Waals surface area contributed by atoms with E-state index in [0.29, 0.717) is 22.2 Å². The van der Waals surface area contributed by atoms with Crippen molar-refractivity contribution in [2.75, 3.05) is 30.0 Å². The molecule has 0 bridgehead atoms. The Balaban J connectivity index is 1.61. The van der Waals surface area contributed by atoms with E-state index in [1.807, 2.05) is 53.4 Å². The Kier molecular flexibility index (Phi) is 7.19. The molecule has 2 fully saturated rings. The number of nitrogens with zero attached hydrogens (tertiary/aromatic N) is 4. The first kappa shape index (κ1) is 23.6. The summed E-state index contributed by atoms with van der Waals surface area (Å²) < 4.78 is 5.46. The largest absolute Gasteiger partial charge is 0.497 e. The molecule has 7 heteroatoms. The van der Waals surface area contributed by atoms with Crippen LogP contribution in [0, 0.1) is 0 Å². The van der Waals surface area contributed by atoms with Crippen LogP contribution in [0.15, 0.2) is 54.7 Å². The molecule has 3 aromatic rings. The van der Waals surface area contributed by atoms with Gasteiger partial charge in [-0.15, -0.1) is 0 Å². The molecule has 35 heavy (non-hydrogen) atoms. The van der Waals surface area contributed by atoms with Gasteiger partial charge in [0.1, 0.15) is 5.75 Å². The SMILES string of the molecule is COc1cccc(N(C(=O)c2cnc(N3CCCCC3)nc2-c2ccccc2Cl)C2CCCC2)c1. The van der Waals surface area contributed by atoms with Crippen LogP contribution in [-0.2, 0) is 0 Å². The molecule has 1 aliphatic heterocycles. The number of hydrogen-bond donors (Lipinski definition) is 0. The molecule has 2 aromatic carbocycles. The summed E-state index contributed by atoms with van der Waals surface area (Å²) >= 11 is 6.62. The van der Waals surface area contributed by atoms with Gasteiger partial charge in [-0.2, -0.15) is 0 Å². The lowest BCUT2D eigenvalue weighted by atomic mass is 10.0. The summed E-state index contributed by atoms with van der Waals surface area (Å²) in [6.07, 6.45) is 9.32. The van der Waals surface area contributed by atoms with E-state index in [-0.39, 0.29) is 11.9 Å². The van der Waals surface area contributed by atoms with Crippen LogP contribution < -0.4 is 14.5 Å². The molecule has 1 saturated heterocycles. The molecule has 5 rings (SSSR count). The molecule has 2 aliphatic rings.